The average Bonchev–Trinajstić information content (AvgIpc) is 2.83. The van der Waals surface area contributed by atoms with Crippen molar-refractivity contribution in [3.63, 3.8) is 0 Å². The molecule has 3 nitrogen and oxygen atoms in total. The molecule has 1 aliphatic heterocycles. The highest BCUT2D eigenvalue weighted by Crippen LogP contribution is 2.47. The fraction of sp³-hybridized carbons (Fsp3) is 0.625. The fourth-order valence-electron chi connectivity index (χ4n) is 3.33. The predicted molar refractivity (Wildman–Crippen MR) is 75.6 cm³/mol. The molecule has 1 fully saturated rings. The Morgan fingerprint density at radius 1 is 1.37 bits per heavy atom. The second-order valence-corrected chi connectivity index (χ2v) is 5.85. The van der Waals surface area contributed by atoms with Gasteiger partial charge in [0.05, 0.1) is 6.61 Å². The summed E-state index contributed by atoms with van der Waals surface area (Å²) >= 11 is 0. The lowest BCUT2D eigenvalue weighted by Gasteiger charge is -2.38. The molecule has 0 saturated heterocycles. The quantitative estimate of drug-likeness (QED) is 0.904. The summed E-state index contributed by atoms with van der Waals surface area (Å²) in [6.07, 6.45) is 6.76. The van der Waals surface area contributed by atoms with Crippen LogP contribution in [0.3, 0.4) is 0 Å². The van der Waals surface area contributed by atoms with Gasteiger partial charge in [-0.25, -0.2) is 0 Å². The van der Waals surface area contributed by atoms with Crippen LogP contribution in [-0.4, -0.2) is 12.2 Å². The van der Waals surface area contributed by atoms with Crippen molar-refractivity contribution >= 4 is 0 Å². The van der Waals surface area contributed by atoms with Crippen molar-refractivity contribution in [2.45, 2.75) is 57.1 Å². The molecule has 0 aromatic heterocycles. The molecule has 3 rings (SSSR count). The summed E-state index contributed by atoms with van der Waals surface area (Å²) in [6, 6.07) is 6.18. The van der Waals surface area contributed by atoms with Crippen LogP contribution in [0.1, 0.15) is 57.1 Å². The Balaban J connectivity index is 1.86. The molecule has 2 aliphatic rings. The number of benzene rings is 1. The monoisotopic (exact) mass is 261 g/mol. The zero-order valence-electron chi connectivity index (χ0n) is 11.7. The lowest BCUT2D eigenvalue weighted by atomic mass is 9.86. The average molecular weight is 261 g/mol. The van der Waals surface area contributed by atoms with Crippen LogP contribution in [0, 0.1) is 0 Å². The molecule has 19 heavy (non-hydrogen) atoms. The third kappa shape index (κ3) is 2.44. The highest BCUT2D eigenvalue weighted by molar-refractivity contribution is 5.44. The predicted octanol–water partition coefficient (Wildman–Crippen LogP) is 3.57. The van der Waals surface area contributed by atoms with Crippen molar-refractivity contribution in [3.05, 3.63) is 23.8 Å². The lowest BCUT2D eigenvalue weighted by Crippen LogP contribution is -2.40. The number of ether oxygens (including phenoxy) is 2. The third-order valence-corrected chi connectivity index (χ3v) is 4.29. The first kappa shape index (κ1) is 12.8. The summed E-state index contributed by atoms with van der Waals surface area (Å²) in [4.78, 5) is 0. The van der Waals surface area contributed by atoms with Crippen molar-refractivity contribution in [2.75, 3.05) is 6.61 Å². The molecule has 1 aliphatic carbocycles. The molecule has 1 aromatic rings. The molecule has 2 N–H and O–H groups in total. The van der Waals surface area contributed by atoms with Crippen LogP contribution >= 0.6 is 0 Å². The molecule has 104 valence electrons. The van der Waals surface area contributed by atoms with Crippen LogP contribution < -0.4 is 15.2 Å². The summed E-state index contributed by atoms with van der Waals surface area (Å²) in [6.45, 7) is 2.86. The highest BCUT2D eigenvalue weighted by atomic mass is 16.5. The zero-order chi connectivity index (χ0) is 13.3. The lowest BCUT2D eigenvalue weighted by molar-refractivity contribution is 0.0423. The van der Waals surface area contributed by atoms with Crippen LogP contribution in [0.2, 0.25) is 0 Å². The van der Waals surface area contributed by atoms with Crippen LogP contribution in [0.25, 0.3) is 0 Å². The van der Waals surface area contributed by atoms with Gasteiger partial charge in [-0.1, -0.05) is 13.0 Å². The molecular weight excluding hydrogens is 238 g/mol. The van der Waals surface area contributed by atoms with Gasteiger partial charge in [-0.15, -0.1) is 0 Å². The Labute approximate surface area is 115 Å². The maximum atomic E-state index is 6.33. The SMILES string of the molecule is CCCOc1ccc2c(c1)OC1(CCCC1)CC2N. The number of fused-ring (bicyclic) bond motifs is 1. The zero-order valence-corrected chi connectivity index (χ0v) is 11.7. The Kier molecular flexibility index (Phi) is 3.40. The second-order valence-electron chi connectivity index (χ2n) is 5.85. The van der Waals surface area contributed by atoms with Gasteiger partial charge < -0.3 is 15.2 Å². The van der Waals surface area contributed by atoms with Gasteiger partial charge in [0.25, 0.3) is 0 Å². The van der Waals surface area contributed by atoms with E-state index in [0.717, 1.165) is 49.4 Å². The molecule has 3 heteroatoms. The standard InChI is InChI=1S/C16H23NO2/c1-2-9-18-12-5-6-13-14(17)11-16(7-3-4-8-16)19-15(13)10-12/h5-6,10,14H,2-4,7-9,11,17H2,1H3. The van der Waals surface area contributed by atoms with Gasteiger partial charge in [-0.2, -0.15) is 0 Å². The minimum atomic E-state index is -0.00417. The van der Waals surface area contributed by atoms with Gasteiger partial charge in [0.1, 0.15) is 17.1 Å². The van der Waals surface area contributed by atoms with Crippen molar-refractivity contribution in [1.29, 1.82) is 0 Å². The second kappa shape index (κ2) is 5.04. The van der Waals surface area contributed by atoms with Crippen LogP contribution in [0.15, 0.2) is 18.2 Å². The van der Waals surface area contributed by atoms with E-state index in [9.17, 15) is 0 Å². The summed E-state index contributed by atoms with van der Waals surface area (Å²) in [5.41, 5.74) is 7.45. The molecule has 1 atom stereocenters. The van der Waals surface area contributed by atoms with E-state index in [1.807, 2.05) is 12.1 Å². The normalized spacial score (nSPS) is 24.0. The Hall–Kier alpha value is -1.22. The molecule has 0 bridgehead atoms. The minimum absolute atomic E-state index is 0.00417. The van der Waals surface area contributed by atoms with Crippen molar-refractivity contribution in [1.82, 2.24) is 0 Å². The maximum absolute atomic E-state index is 6.33. The summed E-state index contributed by atoms with van der Waals surface area (Å²) in [7, 11) is 0. The number of hydrogen-bond donors (Lipinski definition) is 1. The van der Waals surface area contributed by atoms with Crippen LogP contribution in [0.5, 0.6) is 11.5 Å². The Morgan fingerprint density at radius 2 is 2.16 bits per heavy atom. The molecule has 1 saturated carbocycles. The summed E-state index contributed by atoms with van der Waals surface area (Å²) in [5, 5.41) is 0. The van der Waals surface area contributed by atoms with Crippen molar-refractivity contribution in [3.8, 4) is 11.5 Å². The van der Waals surface area contributed by atoms with E-state index in [2.05, 4.69) is 13.0 Å². The largest absolute Gasteiger partial charge is 0.493 e. The van der Waals surface area contributed by atoms with E-state index in [0.29, 0.717) is 0 Å². The molecule has 1 unspecified atom stereocenters. The van der Waals surface area contributed by atoms with E-state index in [1.54, 1.807) is 0 Å². The molecule has 1 spiro atoms. The van der Waals surface area contributed by atoms with Gasteiger partial charge in [0.2, 0.25) is 0 Å². The number of rotatable bonds is 3. The van der Waals surface area contributed by atoms with E-state index in [-0.39, 0.29) is 11.6 Å². The van der Waals surface area contributed by atoms with Gasteiger partial charge in [-0.3, -0.25) is 0 Å². The maximum Gasteiger partial charge on any atom is 0.128 e. The topological polar surface area (TPSA) is 44.5 Å². The number of hydrogen-bond acceptors (Lipinski definition) is 3. The molecule has 1 aromatic carbocycles. The van der Waals surface area contributed by atoms with Gasteiger partial charge >= 0.3 is 0 Å². The van der Waals surface area contributed by atoms with E-state index in [1.165, 1.54) is 12.8 Å². The third-order valence-electron chi connectivity index (χ3n) is 4.29. The number of nitrogens with two attached hydrogens (primary N) is 1. The first-order chi connectivity index (χ1) is 9.22. The van der Waals surface area contributed by atoms with Gasteiger partial charge in [-0.05, 0) is 38.2 Å². The molecular formula is C16H23NO2. The first-order valence-corrected chi connectivity index (χ1v) is 7.44. The molecule has 0 radical (unpaired) electrons. The van der Waals surface area contributed by atoms with E-state index < -0.39 is 0 Å². The smallest absolute Gasteiger partial charge is 0.128 e. The van der Waals surface area contributed by atoms with Crippen molar-refractivity contribution in [2.24, 2.45) is 5.73 Å². The van der Waals surface area contributed by atoms with Gasteiger partial charge in [0.15, 0.2) is 0 Å². The Bertz CT molecular complexity index is 452. The summed E-state index contributed by atoms with van der Waals surface area (Å²) < 4.78 is 12.0. The van der Waals surface area contributed by atoms with Crippen LogP contribution in [0.4, 0.5) is 0 Å². The molecule has 1 heterocycles. The fourth-order valence-corrected chi connectivity index (χ4v) is 3.33. The van der Waals surface area contributed by atoms with Crippen molar-refractivity contribution < 1.29 is 9.47 Å². The van der Waals surface area contributed by atoms with Crippen LogP contribution in [-0.2, 0) is 0 Å². The molecule has 0 amide bonds. The van der Waals surface area contributed by atoms with E-state index in [4.69, 9.17) is 15.2 Å². The van der Waals surface area contributed by atoms with E-state index >= 15 is 0 Å². The Morgan fingerprint density at radius 3 is 2.89 bits per heavy atom. The van der Waals surface area contributed by atoms with Gasteiger partial charge in [0, 0.05) is 24.1 Å². The summed E-state index contributed by atoms with van der Waals surface area (Å²) in [5.74, 6) is 1.83. The minimum Gasteiger partial charge on any atom is -0.493 e. The highest BCUT2D eigenvalue weighted by Gasteiger charge is 2.42. The first-order valence-electron chi connectivity index (χ1n) is 7.44.